The van der Waals surface area contributed by atoms with Crippen molar-refractivity contribution in [2.45, 2.75) is 12.5 Å². The molecule has 3 N–H and O–H groups in total. The van der Waals surface area contributed by atoms with Gasteiger partial charge >= 0.3 is 5.97 Å². The first-order valence-electron chi connectivity index (χ1n) is 3.13. The zero-order chi connectivity index (χ0) is 9.07. The van der Waals surface area contributed by atoms with Crippen molar-refractivity contribution in [2.24, 2.45) is 0 Å². The highest BCUT2D eigenvalue weighted by Crippen LogP contribution is 2.01. The van der Waals surface area contributed by atoms with Gasteiger partial charge in [0, 0.05) is 7.05 Å². The number of nitrogens with one attached hydrogen (secondary N) is 2. The van der Waals surface area contributed by atoms with Crippen LogP contribution in [0.25, 0.3) is 0 Å². The number of hydrogen-bond acceptors (Lipinski definition) is 3. The molecule has 0 bridgehead atoms. The molecule has 0 radical (unpaired) electrons. The number of carboxylic acids is 1. The maximum Gasteiger partial charge on any atom is 0.333 e. The first kappa shape index (κ1) is 9.90. The van der Waals surface area contributed by atoms with Gasteiger partial charge < -0.3 is 10.4 Å². The molecule has 11 heavy (non-hydrogen) atoms. The third-order valence-electron chi connectivity index (χ3n) is 1.61. The van der Waals surface area contributed by atoms with Crippen molar-refractivity contribution < 1.29 is 14.7 Å². The summed E-state index contributed by atoms with van der Waals surface area (Å²) in [5.41, 5.74) is -1.53. The lowest BCUT2D eigenvalue weighted by Crippen LogP contribution is -2.58. The summed E-state index contributed by atoms with van der Waals surface area (Å²) in [4.78, 5) is 21.5. The zero-order valence-corrected chi connectivity index (χ0v) is 6.76. The van der Waals surface area contributed by atoms with Gasteiger partial charge in [0.15, 0.2) is 5.54 Å². The Kier molecular flexibility index (Phi) is 3.00. The largest absolute Gasteiger partial charge is 0.479 e. The van der Waals surface area contributed by atoms with Crippen LogP contribution in [-0.2, 0) is 9.59 Å². The lowest BCUT2D eigenvalue weighted by molar-refractivity contribution is -0.149. The smallest absolute Gasteiger partial charge is 0.333 e. The van der Waals surface area contributed by atoms with Crippen LogP contribution in [0.4, 0.5) is 0 Å². The van der Waals surface area contributed by atoms with E-state index < -0.39 is 17.4 Å². The van der Waals surface area contributed by atoms with Crippen LogP contribution in [0.3, 0.4) is 0 Å². The van der Waals surface area contributed by atoms with Gasteiger partial charge in [-0.05, 0) is 14.0 Å². The second-order valence-corrected chi connectivity index (χ2v) is 2.26. The molecule has 0 aromatic rings. The van der Waals surface area contributed by atoms with Crippen LogP contribution in [-0.4, -0.2) is 36.6 Å². The van der Waals surface area contributed by atoms with Crippen molar-refractivity contribution in [3.63, 3.8) is 0 Å². The summed E-state index contributed by atoms with van der Waals surface area (Å²) in [7, 11) is 2.81. The van der Waals surface area contributed by atoms with Crippen LogP contribution in [0.2, 0.25) is 0 Å². The summed E-state index contributed by atoms with van der Waals surface area (Å²) >= 11 is 0. The third-order valence-corrected chi connectivity index (χ3v) is 1.61. The van der Waals surface area contributed by atoms with Crippen molar-refractivity contribution in [1.29, 1.82) is 0 Å². The Morgan fingerprint density at radius 3 is 1.91 bits per heavy atom. The predicted octanol–water partition coefficient (Wildman–Crippen LogP) is -1.20. The predicted molar refractivity (Wildman–Crippen MR) is 39.2 cm³/mol. The van der Waals surface area contributed by atoms with Gasteiger partial charge in [-0.3, -0.25) is 10.1 Å². The molecular weight excluding hydrogens is 148 g/mol. The number of likely N-dealkylation sites (N-methyl/N-ethyl adjacent to an activating group) is 2. The van der Waals surface area contributed by atoms with Gasteiger partial charge in [-0.15, -0.1) is 0 Å². The van der Waals surface area contributed by atoms with E-state index in [0.29, 0.717) is 0 Å². The molecule has 0 aromatic carbocycles. The molecule has 0 saturated heterocycles. The topological polar surface area (TPSA) is 78.4 Å². The van der Waals surface area contributed by atoms with E-state index in [9.17, 15) is 9.59 Å². The van der Waals surface area contributed by atoms with Crippen LogP contribution >= 0.6 is 0 Å². The van der Waals surface area contributed by atoms with Crippen molar-refractivity contribution in [3.05, 3.63) is 0 Å². The lowest BCUT2D eigenvalue weighted by Gasteiger charge is -2.21. The summed E-state index contributed by atoms with van der Waals surface area (Å²) in [5, 5.41) is 13.3. The maximum absolute atomic E-state index is 11.0. The molecule has 0 saturated carbocycles. The van der Waals surface area contributed by atoms with Crippen LogP contribution in [0, 0.1) is 0 Å². The molecule has 0 rings (SSSR count). The summed E-state index contributed by atoms with van der Waals surface area (Å²) in [6.07, 6.45) is 0. The van der Waals surface area contributed by atoms with E-state index in [1.807, 2.05) is 0 Å². The Hall–Kier alpha value is -1.10. The van der Waals surface area contributed by atoms with E-state index in [2.05, 4.69) is 10.6 Å². The second kappa shape index (κ2) is 3.34. The fraction of sp³-hybridized carbons (Fsp3) is 0.667. The molecule has 1 amide bonds. The molecule has 0 aliphatic rings. The summed E-state index contributed by atoms with van der Waals surface area (Å²) in [6, 6.07) is 0. The summed E-state index contributed by atoms with van der Waals surface area (Å²) in [5.74, 6) is -1.76. The molecule has 64 valence electrons. The Bertz CT molecular complexity index is 181. The average molecular weight is 160 g/mol. The van der Waals surface area contributed by atoms with E-state index >= 15 is 0 Å². The van der Waals surface area contributed by atoms with Gasteiger partial charge in [0.25, 0.3) is 5.91 Å². The number of aliphatic carboxylic acids is 1. The average Bonchev–Trinajstić information content (AvgIpc) is 2.01. The number of carbonyl (C=O) groups excluding carboxylic acids is 1. The van der Waals surface area contributed by atoms with Crippen molar-refractivity contribution >= 4 is 11.9 Å². The van der Waals surface area contributed by atoms with E-state index in [0.717, 1.165) is 0 Å². The molecule has 0 aliphatic heterocycles. The van der Waals surface area contributed by atoms with Crippen molar-refractivity contribution in [2.75, 3.05) is 14.1 Å². The quantitative estimate of drug-likeness (QED) is 0.453. The molecule has 0 aliphatic carbocycles. The van der Waals surface area contributed by atoms with E-state index in [4.69, 9.17) is 5.11 Å². The molecule has 5 nitrogen and oxygen atoms in total. The van der Waals surface area contributed by atoms with Crippen LogP contribution < -0.4 is 10.6 Å². The minimum absolute atomic E-state index is 0.562. The second-order valence-electron chi connectivity index (χ2n) is 2.26. The highest BCUT2D eigenvalue weighted by Gasteiger charge is 2.38. The molecule has 0 heterocycles. The van der Waals surface area contributed by atoms with Crippen LogP contribution in [0.15, 0.2) is 0 Å². The Labute approximate surface area is 64.8 Å². The molecule has 0 fully saturated rings. The number of amides is 1. The van der Waals surface area contributed by atoms with Crippen LogP contribution in [0.1, 0.15) is 6.92 Å². The lowest BCUT2D eigenvalue weighted by atomic mass is 10.0. The number of hydrogen-bond donors (Lipinski definition) is 3. The highest BCUT2D eigenvalue weighted by molar-refractivity contribution is 6.06. The minimum Gasteiger partial charge on any atom is -0.479 e. The molecular formula is C6H12N2O3. The normalized spacial score (nSPS) is 15.2. The highest BCUT2D eigenvalue weighted by atomic mass is 16.4. The number of carbonyl (C=O) groups is 2. The Morgan fingerprint density at radius 1 is 1.36 bits per heavy atom. The molecule has 1 unspecified atom stereocenters. The van der Waals surface area contributed by atoms with Gasteiger partial charge in [-0.1, -0.05) is 0 Å². The van der Waals surface area contributed by atoms with E-state index in [1.165, 1.54) is 21.0 Å². The monoisotopic (exact) mass is 160 g/mol. The first-order chi connectivity index (χ1) is 4.99. The van der Waals surface area contributed by atoms with Gasteiger partial charge in [0.2, 0.25) is 0 Å². The first-order valence-corrected chi connectivity index (χ1v) is 3.13. The number of rotatable bonds is 3. The standard InChI is InChI=1S/C6H12N2O3/c1-6(8-3,5(10)11)4(9)7-2/h8H,1-3H3,(H,7,9)(H,10,11). The number of carboxylic acid groups (broad SMARTS) is 1. The third kappa shape index (κ3) is 1.68. The van der Waals surface area contributed by atoms with Gasteiger partial charge in [-0.25, -0.2) is 4.79 Å². The van der Waals surface area contributed by atoms with Gasteiger partial charge in [0.1, 0.15) is 0 Å². The zero-order valence-electron chi connectivity index (χ0n) is 6.76. The Balaban J connectivity index is 4.59. The molecule has 0 spiro atoms. The molecule has 1 atom stereocenters. The fourth-order valence-corrected chi connectivity index (χ4v) is 0.568. The van der Waals surface area contributed by atoms with Gasteiger partial charge in [-0.2, -0.15) is 0 Å². The molecule has 0 aromatic heterocycles. The maximum atomic E-state index is 11.0. The van der Waals surface area contributed by atoms with Crippen molar-refractivity contribution in [3.8, 4) is 0 Å². The van der Waals surface area contributed by atoms with E-state index in [-0.39, 0.29) is 0 Å². The molecule has 5 heteroatoms. The van der Waals surface area contributed by atoms with E-state index in [1.54, 1.807) is 0 Å². The Morgan fingerprint density at radius 2 is 1.82 bits per heavy atom. The minimum atomic E-state index is -1.53. The van der Waals surface area contributed by atoms with Gasteiger partial charge in [0.05, 0.1) is 0 Å². The summed E-state index contributed by atoms with van der Waals surface area (Å²) < 4.78 is 0. The van der Waals surface area contributed by atoms with Crippen molar-refractivity contribution in [1.82, 2.24) is 10.6 Å². The fourth-order valence-electron chi connectivity index (χ4n) is 0.568. The van der Waals surface area contributed by atoms with Crippen LogP contribution in [0.5, 0.6) is 0 Å². The SMILES string of the molecule is CNC(=O)C(C)(NC)C(=O)O. The summed E-state index contributed by atoms with van der Waals surface area (Å²) in [6.45, 7) is 1.30.